The van der Waals surface area contributed by atoms with Crippen LogP contribution in [-0.2, 0) is 0 Å². The first-order valence-electron chi connectivity index (χ1n) is 1.84. The summed E-state index contributed by atoms with van der Waals surface area (Å²) in [7, 11) is 0. The third-order valence-electron chi connectivity index (χ3n) is 0.638. The van der Waals surface area contributed by atoms with Gasteiger partial charge in [0.25, 0.3) is 0 Å². The van der Waals surface area contributed by atoms with E-state index in [4.69, 9.17) is 5.84 Å². The highest BCUT2D eigenvalue weighted by Gasteiger charge is 1.99. The summed E-state index contributed by atoms with van der Waals surface area (Å²) in [5, 5.41) is 3.39. The molecule has 0 amide bonds. The monoisotopic (exact) mass is 151 g/mol. The average molecular weight is 152 g/mol. The van der Waals surface area contributed by atoms with Crippen LogP contribution in [0.4, 0.5) is 0 Å². The molecule has 1 aliphatic rings. The van der Waals surface area contributed by atoms with Gasteiger partial charge in [-0.3, -0.25) is 0 Å². The summed E-state index contributed by atoms with van der Waals surface area (Å²) in [5.41, 5.74) is 1.74. The predicted octanol–water partition coefficient (Wildman–Crippen LogP) is 0.456. The Morgan fingerprint density at radius 2 is 2.62 bits per heavy atom. The second-order valence-electron chi connectivity index (χ2n) is 1.09. The Morgan fingerprint density at radius 3 is 2.88 bits per heavy atom. The van der Waals surface area contributed by atoms with Crippen molar-refractivity contribution in [1.82, 2.24) is 0 Å². The fraction of sp³-hybridized carbons (Fsp3) is 0.333. The Labute approximate surface area is 57.8 Å². The minimum atomic E-state index is 0. The first-order chi connectivity index (χ1) is 3.43. The number of halogens is 1. The number of nitrogens with two attached hydrogens (primary N) is 1. The molecule has 0 radical (unpaired) electrons. The van der Waals surface area contributed by atoms with Gasteiger partial charge in [-0.05, 0) is 0 Å². The first kappa shape index (κ1) is 7.78. The van der Waals surface area contributed by atoms with Gasteiger partial charge in [-0.2, -0.15) is 5.10 Å². The lowest BCUT2D eigenvalue weighted by molar-refractivity contribution is 1.23. The maximum atomic E-state index is 4.89. The van der Waals surface area contributed by atoms with E-state index < -0.39 is 0 Å². The molecule has 5 heteroatoms. The smallest absolute Gasteiger partial charge is 0.158 e. The summed E-state index contributed by atoms with van der Waals surface area (Å²) in [6.45, 7) is 0. The van der Waals surface area contributed by atoms with Gasteiger partial charge in [0.05, 0.1) is 11.3 Å². The van der Waals surface area contributed by atoms with Crippen LogP contribution in [0.15, 0.2) is 10.1 Å². The molecule has 0 unspecified atom stereocenters. The molecule has 1 aliphatic heterocycles. The molecule has 3 nitrogen and oxygen atoms in total. The number of amidine groups is 1. The molecule has 0 saturated heterocycles. The molecule has 0 bridgehead atoms. The largest absolute Gasteiger partial charge is 0.321 e. The van der Waals surface area contributed by atoms with Gasteiger partial charge in [0.1, 0.15) is 0 Å². The fourth-order valence-electron chi connectivity index (χ4n) is 0.318. The van der Waals surface area contributed by atoms with Crippen molar-refractivity contribution in [2.75, 3.05) is 5.75 Å². The van der Waals surface area contributed by atoms with Gasteiger partial charge in [0, 0.05) is 0 Å². The summed E-state index contributed by atoms with van der Waals surface area (Å²) >= 11 is 1.60. The molecule has 0 aromatic carbocycles. The van der Waals surface area contributed by atoms with E-state index in [9.17, 15) is 0 Å². The van der Waals surface area contributed by atoms with Gasteiger partial charge >= 0.3 is 0 Å². The van der Waals surface area contributed by atoms with E-state index in [0.717, 1.165) is 11.6 Å². The van der Waals surface area contributed by atoms with Crippen molar-refractivity contribution in [1.29, 1.82) is 0 Å². The lowest BCUT2D eigenvalue weighted by Gasteiger charge is -1.80. The number of nitrogens with zero attached hydrogens (tertiary/aromatic N) is 2. The zero-order valence-electron chi connectivity index (χ0n) is 4.07. The Kier molecular flexibility index (Phi) is 3.64. The van der Waals surface area contributed by atoms with E-state index in [1.54, 1.807) is 17.3 Å². The number of aliphatic imine (C=N–C) groups is 1. The maximum Gasteiger partial charge on any atom is 0.158 e. The predicted molar refractivity (Wildman–Crippen MR) is 39.8 cm³/mol. The zero-order chi connectivity index (χ0) is 5.11. The van der Waals surface area contributed by atoms with Crippen molar-refractivity contribution in [2.24, 2.45) is 15.9 Å². The number of hydrazone groups is 1. The molecule has 0 aromatic heterocycles. The highest BCUT2D eigenvalue weighted by molar-refractivity contribution is 8.13. The van der Waals surface area contributed by atoms with E-state index in [1.807, 2.05) is 0 Å². The maximum absolute atomic E-state index is 4.89. The van der Waals surface area contributed by atoms with Crippen LogP contribution in [-0.4, -0.2) is 17.1 Å². The first-order valence-corrected chi connectivity index (χ1v) is 2.89. The fourth-order valence-corrected chi connectivity index (χ4v) is 0.887. The van der Waals surface area contributed by atoms with Crippen LogP contribution < -0.4 is 5.84 Å². The van der Waals surface area contributed by atoms with Crippen LogP contribution in [0.5, 0.6) is 0 Å². The molecular weight excluding hydrogens is 146 g/mol. The van der Waals surface area contributed by atoms with Gasteiger partial charge in [0.2, 0.25) is 0 Å². The van der Waals surface area contributed by atoms with Gasteiger partial charge in [-0.1, -0.05) is 0 Å². The minimum Gasteiger partial charge on any atom is -0.321 e. The zero-order valence-corrected chi connectivity index (χ0v) is 5.71. The van der Waals surface area contributed by atoms with Crippen LogP contribution in [0.1, 0.15) is 0 Å². The molecule has 0 aliphatic carbocycles. The average Bonchev–Trinajstić information content (AvgIpc) is 2.14. The molecule has 0 spiro atoms. The second kappa shape index (κ2) is 3.74. The summed E-state index contributed by atoms with van der Waals surface area (Å²) in [6.07, 6.45) is 0. The van der Waals surface area contributed by atoms with Crippen molar-refractivity contribution >= 4 is 35.6 Å². The van der Waals surface area contributed by atoms with Crippen molar-refractivity contribution in [3.8, 4) is 0 Å². The van der Waals surface area contributed by atoms with Crippen LogP contribution in [0.3, 0.4) is 0 Å². The molecule has 0 atom stereocenters. The highest BCUT2D eigenvalue weighted by atomic mass is 35.5. The minimum absolute atomic E-state index is 0. The van der Waals surface area contributed by atoms with Crippen molar-refractivity contribution in [2.45, 2.75) is 0 Å². The quantitative estimate of drug-likeness (QED) is 0.404. The van der Waals surface area contributed by atoms with Crippen LogP contribution >= 0.6 is 24.2 Å². The molecule has 2 N–H and O–H groups in total. The summed E-state index contributed by atoms with van der Waals surface area (Å²) < 4.78 is 0. The van der Waals surface area contributed by atoms with Crippen molar-refractivity contribution < 1.29 is 0 Å². The summed E-state index contributed by atoms with van der Waals surface area (Å²) in [4.78, 5) is 3.82. The van der Waals surface area contributed by atoms with Crippen LogP contribution in [0.2, 0.25) is 0 Å². The summed E-state index contributed by atoms with van der Waals surface area (Å²) in [6, 6.07) is 0. The molecule has 46 valence electrons. The third kappa shape index (κ3) is 1.71. The lowest BCUT2D eigenvalue weighted by Crippen LogP contribution is -1.95. The van der Waals surface area contributed by atoms with Gasteiger partial charge in [-0.15, -0.1) is 24.2 Å². The normalized spacial score (nSPS) is 21.2. The topological polar surface area (TPSA) is 50.7 Å². The number of rotatable bonds is 0. The lowest BCUT2D eigenvalue weighted by atomic mass is 10.7. The van der Waals surface area contributed by atoms with Gasteiger partial charge in [-0.25, -0.2) is 4.99 Å². The molecule has 1 rings (SSSR count). The molecule has 0 saturated carbocycles. The van der Waals surface area contributed by atoms with E-state index in [0.29, 0.717) is 0 Å². The van der Waals surface area contributed by atoms with E-state index in [1.165, 1.54) is 0 Å². The Bertz CT molecular complexity index is 119. The van der Waals surface area contributed by atoms with E-state index in [-0.39, 0.29) is 12.4 Å². The van der Waals surface area contributed by atoms with Gasteiger partial charge < -0.3 is 5.84 Å². The Morgan fingerprint density at radius 1 is 1.88 bits per heavy atom. The Hall–Kier alpha value is -0.220. The van der Waals surface area contributed by atoms with Crippen LogP contribution in [0.25, 0.3) is 0 Å². The number of hydrogen-bond donors (Lipinski definition) is 1. The standard InChI is InChI=1S/C3H5N3S.ClH/c4-6-3-1-7-2-5-3;/h2H,1,4H2;1H/b6-3-;. The second-order valence-corrected chi connectivity index (χ2v) is 1.92. The van der Waals surface area contributed by atoms with Crippen molar-refractivity contribution in [3.63, 3.8) is 0 Å². The van der Waals surface area contributed by atoms with E-state index >= 15 is 0 Å². The highest BCUT2D eigenvalue weighted by Crippen LogP contribution is 2.03. The summed E-state index contributed by atoms with van der Waals surface area (Å²) in [5.74, 6) is 6.45. The Balaban J connectivity index is 0.000000490. The van der Waals surface area contributed by atoms with Crippen molar-refractivity contribution in [3.05, 3.63) is 0 Å². The third-order valence-corrected chi connectivity index (χ3v) is 1.32. The molecule has 0 aromatic rings. The molecular formula is C3H6ClN3S. The SMILES string of the molecule is Cl.N/N=C1/CSC=N1. The van der Waals surface area contributed by atoms with Crippen LogP contribution in [0, 0.1) is 0 Å². The molecule has 1 heterocycles. The molecule has 8 heavy (non-hydrogen) atoms. The molecule has 0 fully saturated rings. The number of thioether (sulfide) groups is 1. The van der Waals surface area contributed by atoms with E-state index in [2.05, 4.69) is 10.1 Å². The van der Waals surface area contributed by atoms with Gasteiger partial charge in [0.15, 0.2) is 5.84 Å². The number of hydrogen-bond acceptors (Lipinski definition) is 3.